The molecule has 0 unspecified atom stereocenters. The van der Waals surface area contributed by atoms with Gasteiger partial charge in [-0.2, -0.15) is 5.26 Å². The van der Waals surface area contributed by atoms with Crippen LogP contribution in [-0.4, -0.2) is 21.3 Å². The Morgan fingerprint density at radius 3 is 2.63 bits per heavy atom. The van der Waals surface area contributed by atoms with Gasteiger partial charge >= 0.3 is 5.97 Å². The van der Waals surface area contributed by atoms with Crippen molar-refractivity contribution in [2.24, 2.45) is 0 Å². The molecule has 0 aliphatic carbocycles. The van der Waals surface area contributed by atoms with Gasteiger partial charge in [0.25, 0.3) is 0 Å². The summed E-state index contributed by atoms with van der Waals surface area (Å²) in [5, 5.41) is 30.7. The lowest BCUT2D eigenvalue weighted by Gasteiger charge is -1.97. The van der Waals surface area contributed by atoms with Gasteiger partial charge in [-0.25, -0.2) is 0 Å². The fourth-order valence-electron chi connectivity index (χ4n) is 1.64. The number of aromatic nitrogens is 1. The van der Waals surface area contributed by atoms with Crippen molar-refractivity contribution in [3.8, 4) is 23.1 Å². The number of phenols is 1. The minimum Gasteiger partial charge on any atom is -0.508 e. The van der Waals surface area contributed by atoms with Gasteiger partial charge in [0.2, 0.25) is 0 Å². The zero-order chi connectivity index (χ0) is 13.8. The van der Waals surface area contributed by atoms with Crippen molar-refractivity contribution in [2.75, 3.05) is 0 Å². The fourth-order valence-corrected chi connectivity index (χ4v) is 1.64. The molecule has 6 nitrogen and oxygen atoms in total. The number of carbonyl (C=O) groups is 1. The average molecular weight is 258 g/mol. The molecule has 0 fully saturated rings. The van der Waals surface area contributed by atoms with Crippen molar-refractivity contribution in [1.29, 1.82) is 5.26 Å². The number of nitriles is 1. The van der Waals surface area contributed by atoms with Crippen LogP contribution in [0.3, 0.4) is 0 Å². The summed E-state index contributed by atoms with van der Waals surface area (Å²) in [5.41, 5.74) is 1.16. The quantitative estimate of drug-likeness (QED) is 0.867. The van der Waals surface area contributed by atoms with E-state index in [0.29, 0.717) is 11.3 Å². The first-order valence-corrected chi connectivity index (χ1v) is 5.51. The molecule has 0 bridgehead atoms. The Labute approximate surface area is 108 Å². The van der Waals surface area contributed by atoms with Crippen LogP contribution >= 0.6 is 0 Å². The number of carboxylic acids is 1. The van der Waals surface area contributed by atoms with E-state index in [1.807, 2.05) is 6.07 Å². The predicted molar refractivity (Wildman–Crippen MR) is 64.3 cm³/mol. The van der Waals surface area contributed by atoms with Gasteiger partial charge in [0.1, 0.15) is 23.1 Å². The third-order valence-electron chi connectivity index (χ3n) is 2.58. The van der Waals surface area contributed by atoms with Gasteiger partial charge in [0, 0.05) is 12.0 Å². The molecular weight excluding hydrogens is 248 g/mol. The molecule has 1 aromatic heterocycles. The molecule has 2 N–H and O–H groups in total. The average Bonchev–Trinajstić information content (AvgIpc) is 2.80. The number of benzene rings is 1. The molecular formula is C13H10N2O4. The van der Waals surface area contributed by atoms with Gasteiger partial charge in [0.05, 0.1) is 6.42 Å². The maximum Gasteiger partial charge on any atom is 0.303 e. The molecule has 0 spiro atoms. The molecule has 0 radical (unpaired) electrons. The van der Waals surface area contributed by atoms with Crippen molar-refractivity contribution in [3.05, 3.63) is 35.5 Å². The first kappa shape index (κ1) is 12.6. The van der Waals surface area contributed by atoms with E-state index in [1.165, 1.54) is 12.1 Å². The molecule has 96 valence electrons. The Hall–Kier alpha value is -2.81. The van der Waals surface area contributed by atoms with E-state index >= 15 is 0 Å². The summed E-state index contributed by atoms with van der Waals surface area (Å²) < 4.78 is 5.10. The highest BCUT2D eigenvalue weighted by atomic mass is 16.5. The maximum atomic E-state index is 10.5. The molecule has 2 rings (SSSR count). The summed E-state index contributed by atoms with van der Waals surface area (Å²) in [7, 11) is 0. The lowest BCUT2D eigenvalue weighted by Crippen LogP contribution is -1.99. The molecule has 0 amide bonds. The van der Waals surface area contributed by atoms with E-state index in [9.17, 15) is 9.90 Å². The fraction of sp³-hybridized carbons (Fsp3) is 0.154. The normalized spacial score (nSPS) is 10.1. The molecule has 0 atom stereocenters. The zero-order valence-electron chi connectivity index (χ0n) is 9.83. The Bertz CT molecular complexity index is 638. The van der Waals surface area contributed by atoms with Crippen molar-refractivity contribution in [1.82, 2.24) is 5.16 Å². The van der Waals surface area contributed by atoms with Gasteiger partial charge in [-0.15, -0.1) is 0 Å². The monoisotopic (exact) mass is 258 g/mol. The van der Waals surface area contributed by atoms with E-state index in [-0.39, 0.29) is 29.9 Å². The van der Waals surface area contributed by atoms with E-state index in [2.05, 4.69) is 5.16 Å². The number of aryl methyl sites for hydroxylation is 1. The standard InChI is InChI=1S/C13H10N2O4/c14-7-10-11(5-6-12(17)18)15-19-13(10)8-1-3-9(16)4-2-8/h1-4,16H,5-6H2,(H,17,18). The highest BCUT2D eigenvalue weighted by Crippen LogP contribution is 2.27. The number of phenolic OH excluding ortho intramolecular Hbond substituents is 1. The summed E-state index contributed by atoms with van der Waals surface area (Å²) in [5.74, 6) is -0.575. The number of hydrogen-bond donors (Lipinski definition) is 2. The third-order valence-corrected chi connectivity index (χ3v) is 2.58. The highest BCUT2D eigenvalue weighted by molar-refractivity contribution is 5.69. The van der Waals surface area contributed by atoms with Crippen LogP contribution in [0.2, 0.25) is 0 Å². The maximum absolute atomic E-state index is 10.5. The zero-order valence-corrected chi connectivity index (χ0v) is 9.83. The van der Waals surface area contributed by atoms with Crippen LogP contribution in [0, 0.1) is 11.3 Å². The van der Waals surface area contributed by atoms with E-state index in [0.717, 1.165) is 0 Å². The Morgan fingerprint density at radius 1 is 1.37 bits per heavy atom. The molecule has 19 heavy (non-hydrogen) atoms. The molecule has 0 aliphatic heterocycles. The van der Waals surface area contributed by atoms with Crippen LogP contribution in [0.5, 0.6) is 5.75 Å². The van der Waals surface area contributed by atoms with E-state index in [4.69, 9.17) is 14.9 Å². The van der Waals surface area contributed by atoms with E-state index in [1.54, 1.807) is 12.1 Å². The first-order valence-electron chi connectivity index (χ1n) is 5.51. The van der Waals surface area contributed by atoms with Crippen LogP contribution in [0.25, 0.3) is 11.3 Å². The minimum absolute atomic E-state index is 0.105. The van der Waals surface area contributed by atoms with Crippen LogP contribution in [0.4, 0.5) is 0 Å². The van der Waals surface area contributed by atoms with Crippen LogP contribution in [0.15, 0.2) is 28.8 Å². The molecule has 1 heterocycles. The predicted octanol–water partition coefficient (Wildman–Crippen LogP) is 1.94. The van der Waals surface area contributed by atoms with Crippen molar-refractivity contribution in [3.63, 3.8) is 0 Å². The van der Waals surface area contributed by atoms with Crippen molar-refractivity contribution < 1.29 is 19.5 Å². The van der Waals surface area contributed by atoms with Crippen molar-refractivity contribution in [2.45, 2.75) is 12.8 Å². The molecule has 1 aromatic carbocycles. The lowest BCUT2D eigenvalue weighted by atomic mass is 10.1. The van der Waals surface area contributed by atoms with Gasteiger partial charge in [-0.3, -0.25) is 4.79 Å². The second-order valence-corrected chi connectivity index (χ2v) is 3.89. The largest absolute Gasteiger partial charge is 0.508 e. The topological polar surface area (TPSA) is 107 Å². The third kappa shape index (κ3) is 2.72. The van der Waals surface area contributed by atoms with Gasteiger partial charge in [-0.1, -0.05) is 5.16 Å². The molecule has 2 aromatic rings. The second kappa shape index (κ2) is 5.23. The van der Waals surface area contributed by atoms with Crippen LogP contribution in [0.1, 0.15) is 17.7 Å². The number of rotatable bonds is 4. The SMILES string of the molecule is N#Cc1c(CCC(=O)O)noc1-c1ccc(O)cc1. The number of nitrogens with zero attached hydrogens (tertiary/aromatic N) is 2. The molecule has 0 saturated heterocycles. The number of hydrogen-bond acceptors (Lipinski definition) is 5. The minimum atomic E-state index is -0.960. The smallest absolute Gasteiger partial charge is 0.303 e. The summed E-state index contributed by atoms with van der Waals surface area (Å²) >= 11 is 0. The second-order valence-electron chi connectivity index (χ2n) is 3.89. The Balaban J connectivity index is 2.34. The van der Waals surface area contributed by atoms with Gasteiger partial charge in [-0.05, 0) is 24.3 Å². The summed E-state index contributed by atoms with van der Waals surface area (Å²) in [6.45, 7) is 0. The highest BCUT2D eigenvalue weighted by Gasteiger charge is 2.18. The van der Waals surface area contributed by atoms with Crippen LogP contribution < -0.4 is 0 Å². The molecule has 6 heteroatoms. The van der Waals surface area contributed by atoms with Gasteiger partial charge < -0.3 is 14.7 Å². The molecule has 0 saturated carbocycles. The Morgan fingerprint density at radius 2 is 2.05 bits per heavy atom. The number of carboxylic acid groups (broad SMARTS) is 1. The van der Waals surface area contributed by atoms with Gasteiger partial charge in [0.15, 0.2) is 5.76 Å². The van der Waals surface area contributed by atoms with Crippen LogP contribution in [-0.2, 0) is 11.2 Å². The first-order chi connectivity index (χ1) is 9.11. The Kier molecular flexibility index (Phi) is 3.48. The number of aromatic hydroxyl groups is 1. The summed E-state index contributed by atoms with van der Waals surface area (Å²) in [4.78, 5) is 10.5. The summed E-state index contributed by atoms with van der Waals surface area (Å²) in [6.07, 6.45) is 0.0239. The van der Waals surface area contributed by atoms with E-state index < -0.39 is 5.97 Å². The van der Waals surface area contributed by atoms with Crippen molar-refractivity contribution >= 4 is 5.97 Å². The summed E-state index contributed by atoms with van der Waals surface area (Å²) in [6, 6.07) is 8.10. The number of aliphatic carboxylic acids is 1. The lowest BCUT2D eigenvalue weighted by molar-refractivity contribution is -0.136. The molecule has 0 aliphatic rings.